The van der Waals surface area contributed by atoms with E-state index < -0.39 is 5.97 Å². The van der Waals surface area contributed by atoms with Crippen LogP contribution in [0.5, 0.6) is 0 Å². The molecule has 2 amide bonds. The molecule has 0 aliphatic carbocycles. The van der Waals surface area contributed by atoms with Crippen molar-refractivity contribution in [3.8, 4) is 0 Å². The largest absolute Gasteiger partial charge is 0.481 e. The van der Waals surface area contributed by atoms with Crippen molar-refractivity contribution in [1.29, 1.82) is 0 Å². The third-order valence-electron chi connectivity index (χ3n) is 1.93. The summed E-state index contributed by atoms with van der Waals surface area (Å²) in [6.07, 6.45) is 2.05. The SMILES string of the molecule is CSCC(C)NC(=O)NCC(C)CC(=O)O. The lowest BCUT2D eigenvalue weighted by Crippen LogP contribution is -2.43. The molecular formula is C10H20N2O3S. The van der Waals surface area contributed by atoms with Crippen LogP contribution in [0.2, 0.25) is 0 Å². The number of hydrogen-bond donors (Lipinski definition) is 3. The van der Waals surface area contributed by atoms with Crippen LogP contribution in [0.4, 0.5) is 4.79 Å². The van der Waals surface area contributed by atoms with Crippen molar-refractivity contribution in [3.63, 3.8) is 0 Å². The van der Waals surface area contributed by atoms with Crippen LogP contribution >= 0.6 is 11.8 Å². The minimum Gasteiger partial charge on any atom is -0.481 e. The van der Waals surface area contributed by atoms with Crippen molar-refractivity contribution < 1.29 is 14.7 Å². The monoisotopic (exact) mass is 248 g/mol. The van der Waals surface area contributed by atoms with E-state index in [1.165, 1.54) is 0 Å². The Kier molecular flexibility index (Phi) is 7.80. The number of carboxylic acid groups (broad SMARTS) is 1. The van der Waals surface area contributed by atoms with Crippen LogP contribution in [-0.4, -0.2) is 41.7 Å². The Balaban J connectivity index is 3.68. The summed E-state index contributed by atoms with van der Waals surface area (Å²) in [6, 6.07) is -0.122. The van der Waals surface area contributed by atoms with Gasteiger partial charge in [-0.15, -0.1) is 0 Å². The molecule has 0 rings (SSSR count). The van der Waals surface area contributed by atoms with Crippen molar-refractivity contribution in [2.45, 2.75) is 26.3 Å². The molecule has 0 fully saturated rings. The average molecular weight is 248 g/mol. The molecule has 94 valence electrons. The van der Waals surface area contributed by atoms with Gasteiger partial charge in [-0.2, -0.15) is 11.8 Å². The van der Waals surface area contributed by atoms with Gasteiger partial charge >= 0.3 is 12.0 Å². The zero-order valence-electron chi connectivity index (χ0n) is 9.95. The minimum absolute atomic E-state index is 0.0564. The molecule has 0 aliphatic heterocycles. The number of carbonyl (C=O) groups excluding carboxylic acids is 1. The van der Waals surface area contributed by atoms with Crippen molar-refractivity contribution >= 4 is 23.8 Å². The maximum Gasteiger partial charge on any atom is 0.315 e. The second kappa shape index (κ2) is 8.27. The first-order valence-corrected chi connectivity index (χ1v) is 6.60. The van der Waals surface area contributed by atoms with Gasteiger partial charge in [0.2, 0.25) is 0 Å². The molecular weight excluding hydrogens is 228 g/mol. The van der Waals surface area contributed by atoms with E-state index in [0.717, 1.165) is 5.75 Å². The van der Waals surface area contributed by atoms with Crippen LogP contribution in [0.25, 0.3) is 0 Å². The van der Waals surface area contributed by atoms with Gasteiger partial charge in [-0.05, 0) is 19.1 Å². The summed E-state index contributed by atoms with van der Waals surface area (Å²) < 4.78 is 0. The Hall–Kier alpha value is -0.910. The molecule has 16 heavy (non-hydrogen) atoms. The number of hydrogen-bond acceptors (Lipinski definition) is 3. The van der Waals surface area contributed by atoms with E-state index in [-0.39, 0.29) is 24.4 Å². The van der Waals surface area contributed by atoms with E-state index in [4.69, 9.17) is 5.11 Å². The third-order valence-corrected chi connectivity index (χ3v) is 2.76. The molecule has 0 spiro atoms. The first-order chi connectivity index (χ1) is 7.45. The summed E-state index contributed by atoms with van der Waals surface area (Å²) in [6.45, 7) is 4.10. The van der Waals surface area contributed by atoms with E-state index in [9.17, 15) is 9.59 Å². The molecule has 0 bridgehead atoms. The van der Waals surface area contributed by atoms with Crippen molar-refractivity contribution in [2.24, 2.45) is 5.92 Å². The first-order valence-electron chi connectivity index (χ1n) is 5.20. The van der Waals surface area contributed by atoms with Crippen molar-refractivity contribution in [1.82, 2.24) is 10.6 Å². The maximum absolute atomic E-state index is 11.3. The average Bonchev–Trinajstić information content (AvgIpc) is 2.14. The molecule has 6 heteroatoms. The summed E-state index contributed by atoms with van der Waals surface area (Å²) in [5.74, 6) is -0.0393. The Morgan fingerprint density at radius 1 is 1.38 bits per heavy atom. The predicted octanol–water partition coefficient (Wildman–Crippen LogP) is 1.15. The molecule has 0 radical (unpaired) electrons. The highest BCUT2D eigenvalue weighted by Crippen LogP contribution is 1.99. The van der Waals surface area contributed by atoms with Crippen LogP contribution in [0.15, 0.2) is 0 Å². The molecule has 2 atom stereocenters. The maximum atomic E-state index is 11.3. The number of aliphatic carboxylic acids is 1. The predicted molar refractivity (Wildman–Crippen MR) is 65.8 cm³/mol. The molecule has 0 aromatic carbocycles. The molecule has 0 aromatic heterocycles. The normalized spacial score (nSPS) is 13.9. The van der Waals surface area contributed by atoms with Gasteiger partial charge in [0.15, 0.2) is 0 Å². The molecule has 0 saturated heterocycles. The highest BCUT2D eigenvalue weighted by atomic mass is 32.2. The summed E-state index contributed by atoms with van der Waals surface area (Å²) in [7, 11) is 0. The van der Waals surface area contributed by atoms with Crippen LogP contribution in [-0.2, 0) is 4.79 Å². The molecule has 0 saturated carbocycles. The summed E-state index contributed by atoms with van der Waals surface area (Å²) >= 11 is 1.66. The number of urea groups is 1. The summed E-state index contributed by atoms with van der Waals surface area (Å²) in [5.41, 5.74) is 0. The highest BCUT2D eigenvalue weighted by Gasteiger charge is 2.10. The molecule has 2 unspecified atom stereocenters. The third kappa shape index (κ3) is 8.40. The Morgan fingerprint density at radius 2 is 2.00 bits per heavy atom. The van der Waals surface area contributed by atoms with Gasteiger partial charge in [0.25, 0.3) is 0 Å². The standard InChI is InChI=1S/C10H20N2O3S/c1-7(4-9(13)14)5-11-10(15)12-8(2)6-16-3/h7-8H,4-6H2,1-3H3,(H,13,14)(H2,11,12,15). The fraction of sp³-hybridized carbons (Fsp3) is 0.800. The zero-order chi connectivity index (χ0) is 12.6. The minimum atomic E-state index is -0.842. The van der Waals surface area contributed by atoms with Crippen LogP contribution < -0.4 is 10.6 Å². The number of thioether (sulfide) groups is 1. The van der Waals surface area contributed by atoms with Gasteiger partial charge in [-0.25, -0.2) is 4.79 Å². The lowest BCUT2D eigenvalue weighted by Gasteiger charge is -2.15. The van der Waals surface area contributed by atoms with Gasteiger partial charge < -0.3 is 15.7 Å². The van der Waals surface area contributed by atoms with Gasteiger partial charge in [-0.1, -0.05) is 6.92 Å². The lowest BCUT2D eigenvalue weighted by molar-refractivity contribution is -0.137. The quantitative estimate of drug-likeness (QED) is 0.631. The Bertz CT molecular complexity index is 236. The fourth-order valence-electron chi connectivity index (χ4n) is 1.20. The zero-order valence-corrected chi connectivity index (χ0v) is 10.8. The van der Waals surface area contributed by atoms with Gasteiger partial charge in [0.05, 0.1) is 0 Å². The van der Waals surface area contributed by atoms with Gasteiger partial charge in [0.1, 0.15) is 0 Å². The topological polar surface area (TPSA) is 78.4 Å². The molecule has 0 aliphatic rings. The van der Waals surface area contributed by atoms with Crippen molar-refractivity contribution in [2.75, 3.05) is 18.6 Å². The number of nitrogens with one attached hydrogen (secondary N) is 2. The Morgan fingerprint density at radius 3 is 2.50 bits per heavy atom. The molecule has 0 heterocycles. The summed E-state index contributed by atoms with van der Waals surface area (Å²) in [4.78, 5) is 21.7. The molecule has 3 N–H and O–H groups in total. The van der Waals surface area contributed by atoms with Crippen molar-refractivity contribution in [3.05, 3.63) is 0 Å². The van der Waals surface area contributed by atoms with Crippen LogP contribution in [0.3, 0.4) is 0 Å². The second-order valence-electron chi connectivity index (χ2n) is 3.91. The number of rotatable bonds is 7. The Labute approximate surface area is 100 Å². The molecule has 0 aromatic rings. The number of carboxylic acids is 1. The van der Waals surface area contributed by atoms with E-state index in [0.29, 0.717) is 6.54 Å². The summed E-state index contributed by atoms with van der Waals surface area (Å²) in [5, 5.41) is 14.0. The van der Waals surface area contributed by atoms with E-state index in [1.807, 2.05) is 13.2 Å². The second-order valence-corrected chi connectivity index (χ2v) is 4.82. The molecule has 5 nitrogen and oxygen atoms in total. The first kappa shape index (κ1) is 15.1. The highest BCUT2D eigenvalue weighted by molar-refractivity contribution is 7.98. The van der Waals surface area contributed by atoms with E-state index in [1.54, 1.807) is 18.7 Å². The fourth-order valence-corrected chi connectivity index (χ4v) is 1.79. The smallest absolute Gasteiger partial charge is 0.315 e. The van der Waals surface area contributed by atoms with Gasteiger partial charge in [-0.3, -0.25) is 4.79 Å². The van der Waals surface area contributed by atoms with Gasteiger partial charge in [0, 0.05) is 24.8 Å². The van der Waals surface area contributed by atoms with E-state index >= 15 is 0 Å². The number of amides is 2. The van der Waals surface area contributed by atoms with Crippen LogP contribution in [0.1, 0.15) is 20.3 Å². The van der Waals surface area contributed by atoms with E-state index in [2.05, 4.69) is 10.6 Å². The number of carbonyl (C=O) groups is 2. The van der Waals surface area contributed by atoms with Crippen LogP contribution in [0, 0.1) is 5.92 Å². The lowest BCUT2D eigenvalue weighted by atomic mass is 10.1.